The molecular formula is C16H21FN2O. The molecule has 1 fully saturated rings. The maximum atomic E-state index is 13.6. The Morgan fingerprint density at radius 1 is 1.40 bits per heavy atom. The Morgan fingerprint density at radius 2 is 2.20 bits per heavy atom. The van der Waals surface area contributed by atoms with Gasteiger partial charge in [0.25, 0.3) is 0 Å². The van der Waals surface area contributed by atoms with E-state index in [9.17, 15) is 4.39 Å². The minimum Gasteiger partial charge on any atom is -0.493 e. The first-order valence-corrected chi connectivity index (χ1v) is 7.17. The molecule has 3 nitrogen and oxygen atoms in total. The van der Waals surface area contributed by atoms with Crippen molar-refractivity contribution < 1.29 is 9.13 Å². The number of halogens is 1. The van der Waals surface area contributed by atoms with E-state index in [0.717, 1.165) is 31.4 Å². The lowest BCUT2D eigenvalue weighted by Gasteiger charge is -2.14. The van der Waals surface area contributed by atoms with E-state index >= 15 is 0 Å². The fraction of sp³-hybridized carbons (Fsp3) is 0.562. The van der Waals surface area contributed by atoms with Crippen molar-refractivity contribution in [2.75, 3.05) is 13.2 Å². The maximum absolute atomic E-state index is 13.6. The lowest BCUT2D eigenvalue weighted by molar-refractivity contribution is 0.236. The summed E-state index contributed by atoms with van der Waals surface area (Å²) in [7, 11) is 0. The molecule has 1 aromatic carbocycles. The Kier molecular flexibility index (Phi) is 4.97. The molecule has 108 valence electrons. The average molecular weight is 276 g/mol. The molecular weight excluding hydrogens is 255 g/mol. The van der Waals surface area contributed by atoms with Crippen molar-refractivity contribution in [1.82, 2.24) is 5.32 Å². The largest absolute Gasteiger partial charge is 0.493 e. The van der Waals surface area contributed by atoms with Crippen molar-refractivity contribution in [2.24, 2.45) is 5.41 Å². The van der Waals surface area contributed by atoms with Gasteiger partial charge in [0.1, 0.15) is 11.6 Å². The molecule has 4 heteroatoms. The van der Waals surface area contributed by atoms with Gasteiger partial charge in [-0.05, 0) is 43.5 Å². The van der Waals surface area contributed by atoms with Crippen LogP contribution in [0.4, 0.5) is 4.39 Å². The second kappa shape index (κ2) is 6.71. The van der Waals surface area contributed by atoms with Gasteiger partial charge in [0, 0.05) is 24.4 Å². The SMILES string of the molecule is CCCNCc1cc(F)cc(OCC2(CC#N)CC2)c1. The Hall–Kier alpha value is -1.60. The first kappa shape index (κ1) is 14.8. The highest BCUT2D eigenvalue weighted by molar-refractivity contribution is 5.29. The van der Waals surface area contributed by atoms with E-state index in [4.69, 9.17) is 10.00 Å². The molecule has 0 bridgehead atoms. The third-order valence-electron chi connectivity index (χ3n) is 3.64. The standard InChI is InChI=1S/C16H21FN2O/c1-2-7-19-11-13-8-14(17)10-15(9-13)20-12-16(3-4-16)5-6-18/h8-10,19H,2-5,7,11-12H2,1H3. The van der Waals surface area contributed by atoms with Crippen LogP contribution in [0.5, 0.6) is 5.75 Å². The summed E-state index contributed by atoms with van der Waals surface area (Å²) in [4.78, 5) is 0. The summed E-state index contributed by atoms with van der Waals surface area (Å²) in [5, 5.41) is 12.0. The van der Waals surface area contributed by atoms with Gasteiger partial charge in [0.15, 0.2) is 0 Å². The molecule has 2 rings (SSSR count). The number of nitrogens with one attached hydrogen (secondary N) is 1. The van der Waals surface area contributed by atoms with Gasteiger partial charge in [-0.15, -0.1) is 0 Å². The Balaban J connectivity index is 1.92. The van der Waals surface area contributed by atoms with E-state index in [2.05, 4.69) is 18.3 Å². The van der Waals surface area contributed by atoms with E-state index in [1.165, 1.54) is 12.1 Å². The van der Waals surface area contributed by atoms with Gasteiger partial charge in [-0.3, -0.25) is 0 Å². The minimum absolute atomic E-state index is 0.0156. The monoisotopic (exact) mass is 276 g/mol. The van der Waals surface area contributed by atoms with Gasteiger partial charge in [-0.1, -0.05) is 6.92 Å². The molecule has 1 aliphatic carbocycles. The first-order valence-electron chi connectivity index (χ1n) is 7.17. The van der Waals surface area contributed by atoms with Gasteiger partial charge in [-0.25, -0.2) is 4.39 Å². The molecule has 0 heterocycles. The van der Waals surface area contributed by atoms with Crippen molar-refractivity contribution in [3.63, 3.8) is 0 Å². The van der Waals surface area contributed by atoms with Crippen molar-refractivity contribution in [1.29, 1.82) is 5.26 Å². The van der Waals surface area contributed by atoms with Crippen LogP contribution in [0.1, 0.15) is 38.2 Å². The fourth-order valence-electron chi connectivity index (χ4n) is 2.17. The van der Waals surface area contributed by atoms with Gasteiger partial charge in [0.2, 0.25) is 0 Å². The molecule has 1 N–H and O–H groups in total. The zero-order chi connectivity index (χ0) is 14.4. The summed E-state index contributed by atoms with van der Waals surface area (Å²) in [6.45, 7) is 4.16. The highest BCUT2D eigenvalue weighted by Gasteiger charge is 2.43. The zero-order valence-electron chi connectivity index (χ0n) is 11.9. The number of hydrogen-bond donors (Lipinski definition) is 1. The third kappa shape index (κ3) is 4.21. The quantitative estimate of drug-likeness (QED) is 0.740. The number of benzene rings is 1. The number of nitrogens with zero attached hydrogens (tertiary/aromatic N) is 1. The summed E-state index contributed by atoms with van der Waals surface area (Å²) in [6.07, 6.45) is 3.63. The second-order valence-electron chi connectivity index (χ2n) is 5.60. The molecule has 1 aliphatic rings. The van der Waals surface area contributed by atoms with Crippen LogP contribution in [0.3, 0.4) is 0 Å². The lowest BCUT2D eigenvalue weighted by Crippen LogP contribution is -2.15. The highest BCUT2D eigenvalue weighted by Crippen LogP contribution is 2.48. The van der Waals surface area contributed by atoms with Crippen LogP contribution < -0.4 is 10.1 Å². The number of ether oxygens (including phenoxy) is 1. The normalized spacial score (nSPS) is 15.7. The van der Waals surface area contributed by atoms with Crippen LogP contribution >= 0.6 is 0 Å². The molecule has 1 saturated carbocycles. The smallest absolute Gasteiger partial charge is 0.127 e. The molecule has 0 spiro atoms. The first-order chi connectivity index (χ1) is 9.67. The Morgan fingerprint density at radius 3 is 2.85 bits per heavy atom. The zero-order valence-corrected chi connectivity index (χ0v) is 11.9. The third-order valence-corrected chi connectivity index (χ3v) is 3.64. The maximum Gasteiger partial charge on any atom is 0.127 e. The van der Waals surface area contributed by atoms with E-state index in [0.29, 0.717) is 25.3 Å². The van der Waals surface area contributed by atoms with Crippen LogP contribution in [0.15, 0.2) is 18.2 Å². The summed E-state index contributed by atoms with van der Waals surface area (Å²) >= 11 is 0. The molecule has 1 aromatic rings. The van der Waals surface area contributed by atoms with Gasteiger partial charge in [-0.2, -0.15) is 5.26 Å². The van der Waals surface area contributed by atoms with Gasteiger partial charge < -0.3 is 10.1 Å². The van der Waals surface area contributed by atoms with Crippen LogP contribution in [-0.2, 0) is 6.54 Å². The molecule has 0 radical (unpaired) electrons. The lowest BCUT2D eigenvalue weighted by atomic mass is 10.1. The van der Waals surface area contributed by atoms with Crippen LogP contribution in [0, 0.1) is 22.6 Å². The van der Waals surface area contributed by atoms with Crippen molar-refractivity contribution in [3.8, 4) is 11.8 Å². The summed E-state index contributed by atoms with van der Waals surface area (Å²) in [6, 6.07) is 7.00. The van der Waals surface area contributed by atoms with E-state index in [-0.39, 0.29) is 11.2 Å². The Labute approximate surface area is 119 Å². The van der Waals surface area contributed by atoms with Crippen molar-refractivity contribution in [2.45, 2.75) is 39.2 Å². The fourth-order valence-corrected chi connectivity index (χ4v) is 2.17. The minimum atomic E-state index is -0.277. The molecule has 0 saturated heterocycles. The summed E-state index contributed by atoms with van der Waals surface area (Å²) in [5.41, 5.74) is 0.903. The van der Waals surface area contributed by atoms with Crippen molar-refractivity contribution >= 4 is 0 Å². The molecule has 0 unspecified atom stereocenters. The molecule has 20 heavy (non-hydrogen) atoms. The van der Waals surface area contributed by atoms with Crippen molar-refractivity contribution in [3.05, 3.63) is 29.6 Å². The van der Waals surface area contributed by atoms with E-state index < -0.39 is 0 Å². The topological polar surface area (TPSA) is 45.0 Å². The van der Waals surface area contributed by atoms with Crippen LogP contribution in [0.2, 0.25) is 0 Å². The predicted molar refractivity (Wildman–Crippen MR) is 75.8 cm³/mol. The molecule has 0 atom stereocenters. The molecule has 0 aliphatic heterocycles. The predicted octanol–water partition coefficient (Wildman–Crippen LogP) is 3.40. The number of hydrogen-bond acceptors (Lipinski definition) is 3. The van der Waals surface area contributed by atoms with E-state index in [1.54, 1.807) is 0 Å². The number of nitriles is 1. The highest BCUT2D eigenvalue weighted by atomic mass is 19.1. The summed E-state index contributed by atoms with van der Waals surface area (Å²) < 4.78 is 19.3. The summed E-state index contributed by atoms with van der Waals surface area (Å²) in [5.74, 6) is 0.281. The van der Waals surface area contributed by atoms with E-state index in [1.807, 2.05) is 6.07 Å². The van der Waals surface area contributed by atoms with Crippen LogP contribution in [0.25, 0.3) is 0 Å². The Bertz CT molecular complexity index is 492. The van der Waals surface area contributed by atoms with Crippen LogP contribution in [-0.4, -0.2) is 13.2 Å². The average Bonchev–Trinajstić information content (AvgIpc) is 3.17. The molecule has 0 amide bonds. The molecule has 0 aromatic heterocycles. The van der Waals surface area contributed by atoms with Gasteiger partial charge in [0.05, 0.1) is 12.7 Å². The second-order valence-corrected chi connectivity index (χ2v) is 5.60. The van der Waals surface area contributed by atoms with Gasteiger partial charge >= 0.3 is 0 Å². The number of rotatable bonds is 8.